The molecule has 3 rings (SSSR count). The van der Waals surface area contributed by atoms with Crippen molar-refractivity contribution in [3.05, 3.63) is 59.2 Å². The van der Waals surface area contributed by atoms with E-state index in [1.54, 1.807) is 32.4 Å². The molecule has 0 aromatic heterocycles. The second-order valence-corrected chi connectivity index (χ2v) is 6.12. The van der Waals surface area contributed by atoms with Crippen LogP contribution in [0, 0.1) is 6.92 Å². The highest BCUT2D eigenvalue weighted by atomic mass is 16.5. The number of morpholine rings is 1. The van der Waals surface area contributed by atoms with Crippen LogP contribution in [0.3, 0.4) is 0 Å². The minimum atomic E-state index is -0.106. The lowest BCUT2D eigenvalue weighted by Crippen LogP contribution is -2.42. The van der Waals surface area contributed by atoms with E-state index in [0.29, 0.717) is 36.8 Å². The SMILES string of the molecule is COc1cc(OC)cc(C(=O)N2CCOC(c3ccc(C)cc3)C2)c1. The smallest absolute Gasteiger partial charge is 0.254 e. The molecule has 1 heterocycles. The van der Waals surface area contributed by atoms with E-state index >= 15 is 0 Å². The molecule has 0 bridgehead atoms. The Hall–Kier alpha value is -2.53. The molecule has 1 atom stereocenters. The first-order valence-corrected chi connectivity index (χ1v) is 8.31. The summed E-state index contributed by atoms with van der Waals surface area (Å²) in [6.45, 7) is 3.67. The molecular weight excluding hydrogens is 318 g/mol. The number of nitrogens with zero attached hydrogens (tertiary/aromatic N) is 1. The quantitative estimate of drug-likeness (QED) is 0.857. The van der Waals surface area contributed by atoms with E-state index in [1.807, 2.05) is 4.90 Å². The molecule has 5 heteroatoms. The zero-order valence-electron chi connectivity index (χ0n) is 14.8. The Labute approximate surface area is 148 Å². The molecule has 1 fully saturated rings. The molecule has 132 valence electrons. The van der Waals surface area contributed by atoms with Crippen LogP contribution in [0.25, 0.3) is 0 Å². The van der Waals surface area contributed by atoms with E-state index in [4.69, 9.17) is 14.2 Å². The number of carbonyl (C=O) groups is 1. The molecule has 2 aromatic rings. The standard InChI is InChI=1S/C20H23NO4/c1-14-4-6-15(7-5-14)19-13-21(8-9-25-19)20(22)16-10-17(23-2)12-18(11-16)24-3/h4-7,10-12,19H,8-9,13H2,1-3H3. The van der Waals surface area contributed by atoms with E-state index in [1.165, 1.54) is 5.56 Å². The molecule has 2 aromatic carbocycles. The Morgan fingerprint density at radius 2 is 1.72 bits per heavy atom. The van der Waals surface area contributed by atoms with Crippen molar-refractivity contribution in [1.29, 1.82) is 0 Å². The third kappa shape index (κ3) is 3.94. The number of hydrogen-bond acceptors (Lipinski definition) is 4. The van der Waals surface area contributed by atoms with Crippen molar-refractivity contribution in [2.45, 2.75) is 13.0 Å². The van der Waals surface area contributed by atoms with Crippen LogP contribution in [0.4, 0.5) is 0 Å². The van der Waals surface area contributed by atoms with Gasteiger partial charge in [-0.15, -0.1) is 0 Å². The van der Waals surface area contributed by atoms with Gasteiger partial charge in [0.25, 0.3) is 5.91 Å². The van der Waals surface area contributed by atoms with Crippen LogP contribution < -0.4 is 9.47 Å². The number of benzene rings is 2. The topological polar surface area (TPSA) is 48.0 Å². The van der Waals surface area contributed by atoms with E-state index in [-0.39, 0.29) is 12.0 Å². The van der Waals surface area contributed by atoms with Gasteiger partial charge in [0.15, 0.2) is 0 Å². The fraction of sp³-hybridized carbons (Fsp3) is 0.350. The first kappa shape index (κ1) is 17.3. The predicted octanol–water partition coefficient (Wildman–Crippen LogP) is 3.23. The Morgan fingerprint density at radius 1 is 1.08 bits per heavy atom. The van der Waals surface area contributed by atoms with Gasteiger partial charge in [0.1, 0.15) is 17.6 Å². The van der Waals surface area contributed by atoms with Crippen LogP contribution in [-0.2, 0) is 4.74 Å². The number of ether oxygens (including phenoxy) is 3. The monoisotopic (exact) mass is 341 g/mol. The van der Waals surface area contributed by atoms with Gasteiger partial charge in [-0.2, -0.15) is 0 Å². The van der Waals surface area contributed by atoms with Gasteiger partial charge < -0.3 is 19.1 Å². The number of hydrogen-bond donors (Lipinski definition) is 0. The number of aryl methyl sites for hydroxylation is 1. The predicted molar refractivity (Wildman–Crippen MR) is 95.3 cm³/mol. The highest BCUT2D eigenvalue weighted by Crippen LogP contribution is 2.27. The van der Waals surface area contributed by atoms with Gasteiger partial charge in [0.05, 0.1) is 27.4 Å². The van der Waals surface area contributed by atoms with E-state index in [0.717, 1.165) is 5.56 Å². The molecule has 0 spiro atoms. The second-order valence-electron chi connectivity index (χ2n) is 6.12. The Balaban J connectivity index is 1.79. The molecular formula is C20H23NO4. The number of methoxy groups -OCH3 is 2. The van der Waals surface area contributed by atoms with Gasteiger partial charge in [-0.3, -0.25) is 4.79 Å². The van der Waals surface area contributed by atoms with Crippen LogP contribution in [0.15, 0.2) is 42.5 Å². The third-order valence-corrected chi connectivity index (χ3v) is 4.40. The highest BCUT2D eigenvalue weighted by molar-refractivity contribution is 5.95. The molecule has 1 aliphatic rings. The van der Waals surface area contributed by atoms with Crippen molar-refractivity contribution in [2.24, 2.45) is 0 Å². The minimum absolute atomic E-state index is 0.0439. The summed E-state index contributed by atoms with van der Waals surface area (Å²) >= 11 is 0. The molecule has 5 nitrogen and oxygen atoms in total. The van der Waals surface area contributed by atoms with Crippen molar-refractivity contribution in [3.63, 3.8) is 0 Å². The maximum absolute atomic E-state index is 12.9. The average molecular weight is 341 g/mol. The summed E-state index contributed by atoms with van der Waals surface area (Å²) in [5.41, 5.74) is 2.85. The number of carbonyl (C=O) groups excluding carboxylic acids is 1. The zero-order valence-corrected chi connectivity index (χ0v) is 14.8. The summed E-state index contributed by atoms with van der Waals surface area (Å²) in [4.78, 5) is 14.7. The lowest BCUT2D eigenvalue weighted by molar-refractivity contribution is -0.0228. The van der Waals surface area contributed by atoms with Crippen LogP contribution >= 0.6 is 0 Å². The molecule has 0 aliphatic carbocycles. The van der Waals surface area contributed by atoms with E-state index in [9.17, 15) is 4.79 Å². The maximum atomic E-state index is 12.9. The van der Waals surface area contributed by atoms with Crippen LogP contribution in [0.1, 0.15) is 27.6 Å². The highest BCUT2D eigenvalue weighted by Gasteiger charge is 2.26. The molecule has 1 aliphatic heterocycles. The summed E-state index contributed by atoms with van der Waals surface area (Å²) in [5.74, 6) is 1.16. The van der Waals surface area contributed by atoms with Crippen molar-refractivity contribution in [1.82, 2.24) is 4.90 Å². The fourth-order valence-corrected chi connectivity index (χ4v) is 2.93. The van der Waals surface area contributed by atoms with Crippen molar-refractivity contribution in [2.75, 3.05) is 33.9 Å². The minimum Gasteiger partial charge on any atom is -0.497 e. The molecule has 0 N–H and O–H groups in total. The summed E-state index contributed by atoms with van der Waals surface area (Å²) in [7, 11) is 3.15. The van der Waals surface area contributed by atoms with Gasteiger partial charge in [0, 0.05) is 18.2 Å². The first-order chi connectivity index (χ1) is 12.1. The van der Waals surface area contributed by atoms with Gasteiger partial charge in [-0.1, -0.05) is 29.8 Å². The zero-order chi connectivity index (χ0) is 17.8. The van der Waals surface area contributed by atoms with Gasteiger partial charge in [-0.25, -0.2) is 0 Å². The number of amides is 1. The fourth-order valence-electron chi connectivity index (χ4n) is 2.93. The molecule has 0 saturated carbocycles. The van der Waals surface area contributed by atoms with E-state index in [2.05, 4.69) is 31.2 Å². The lowest BCUT2D eigenvalue weighted by atomic mass is 10.1. The molecule has 25 heavy (non-hydrogen) atoms. The third-order valence-electron chi connectivity index (χ3n) is 4.40. The average Bonchev–Trinajstić information content (AvgIpc) is 2.67. The van der Waals surface area contributed by atoms with Gasteiger partial charge in [0.2, 0.25) is 0 Å². The second kappa shape index (κ2) is 7.57. The van der Waals surface area contributed by atoms with Crippen molar-refractivity contribution < 1.29 is 19.0 Å². The van der Waals surface area contributed by atoms with Gasteiger partial charge >= 0.3 is 0 Å². The summed E-state index contributed by atoms with van der Waals surface area (Å²) < 4.78 is 16.4. The van der Waals surface area contributed by atoms with E-state index < -0.39 is 0 Å². The Kier molecular flexibility index (Phi) is 5.24. The maximum Gasteiger partial charge on any atom is 0.254 e. The summed E-state index contributed by atoms with van der Waals surface area (Å²) in [5, 5.41) is 0. The van der Waals surface area contributed by atoms with Crippen LogP contribution in [0.5, 0.6) is 11.5 Å². The van der Waals surface area contributed by atoms with Crippen molar-refractivity contribution in [3.8, 4) is 11.5 Å². The number of rotatable bonds is 4. The normalized spacial score (nSPS) is 17.2. The molecule has 1 unspecified atom stereocenters. The Morgan fingerprint density at radius 3 is 2.32 bits per heavy atom. The largest absolute Gasteiger partial charge is 0.497 e. The lowest BCUT2D eigenvalue weighted by Gasteiger charge is -2.33. The molecule has 1 saturated heterocycles. The molecule has 1 amide bonds. The molecule has 0 radical (unpaired) electrons. The first-order valence-electron chi connectivity index (χ1n) is 8.31. The van der Waals surface area contributed by atoms with Crippen LogP contribution in [0.2, 0.25) is 0 Å². The summed E-state index contributed by atoms with van der Waals surface area (Å²) in [6.07, 6.45) is -0.106. The summed E-state index contributed by atoms with van der Waals surface area (Å²) in [6, 6.07) is 13.5. The van der Waals surface area contributed by atoms with Crippen LogP contribution in [-0.4, -0.2) is 44.7 Å². The van der Waals surface area contributed by atoms with Gasteiger partial charge in [-0.05, 0) is 24.6 Å². The van der Waals surface area contributed by atoms with Crippen molar-refractivity contribution >= 4 is 5.91 Å². The Bertz CT molecular complexity index is 720.